The summed E-state index contributed by atoms with van der Waals surface area (Å²) in [6, 6.07) is 0. The van der Waals surface area contributed by atoms with Crippen molar-refractivity contribution >= 4 is 6.47 Å². The summed E-state index contributed by atoms with van der Waals surface area (Å²) in [6.07, 6.45) is 2.73. The maximum Gasteiger partial charge on any atom is 0.133 e. The summed E-state index contributed by atoms with van der Waals surface area (Å²) in [6.45, 7) is 7.05. The number of carboxylic acid groups (broad SMARTS) is 1. The van der Waals surface area contributed by atoms with Crippen molar-refractivity contribution in [2.75, 3.05) is 33.4 Å². The van der Waals surface area contributed by atoms with Crippen LogP contribution in [0.5, 0.6) is 0 Å². The monoisotopic (exact) mass is 188 g/mol. The van der Waals surface area contributed by atoms with Crippen molar-refractivity contribution in [3.05, 3.63) is 0 Å². The molecule has 1 N–H and O–H groups in total. The van der Waals surface area contributed by atoms with Gasteiger partial charge >= 0.3 is 0 Å². The van der Waals surface area contributed by atoms with Crippen LogP contribution in [0, 0.1) is 0 Å². The summed E-state index contributed by atoms with van der Waals surface area (Å²) in [5.74, 6) is 0. The highest BCUT2D eigenvalue weighted by Crippen LogP contribution is 1.84. The molecule has 1 aliphatic rings. The van der Waals surface area contributed by atoms with Gasteiger partial charge in [0, 0.05) is 6.47 Å². The normalized spacial score (nSPS) is 22.2. The summed E-state index contributed by atoms with van der Waals surface area (Å²) in [5.41, 5.74) is 0. The molecule has 0 radical (unpaired) electrons. The molecule has 1 unspecified atom stereocenters. The lowest BCUT2D eigenvalue weighted by atomic mass is 10.3. The number of nitrogens with zero attached hydrogens (tertiary/aromatic N) is 1. The molecule has 4 nitrogen and oxygen atoms in total. The average Bonchev–Trinajstić information content (AvgIpc) is 2.49. The first-order valence-corrected chi connectivity index (χ1v) is 4.82. The van der Waals surface area contributed by atoms with Gasteiger partial charge in [0.25, 0.3) is 0 Å². The van der Waals surface area contributed by atoms with Gasteiger partial charge in [-0.2, -0.15) is 0 Å². The van der Waals surface area contributed by atoms with Gasteiger partial charge in [-0.15, -0.1) is 0 Å². The van der Waals surface area contributed by atoms with Gasteiger partial charge in [-0.3, -0.25) is 4.90 Å². The van der Waals surface area contributed by atoms with E-state index in [-0.39, 0.29) is 0 Å². The molecule has 1 fully saturated rings. The zero-order valence-corrected chi connectivity index (χ0v) is 8.58. The maximum atomic E-state index is 8.25. The number of unbranched alkanes of at least 4 members (excludes halogenated alkanes) is 1. The SMILES string of the molecule is CCCC[NH+]1CCN(C)C1.O=C[O-]. The summed E-state index contributed by atoms with van der Waals surface area (Å²) in [4.78, 5) is 12.4. The van der Waals surface area contributed by atoms with E-state index in [1.807, 2.05) is 0 Å². The molecule has 1 aliphatic heterocycles. The van der Waals surface area contributed by atoms with Crippen molar-refractivity contribution in [3.8, 4) is 0 Å². The number of hydrogen-bond donors (Lipinski definition) is 1. The molecule has 0 spiro atoms. The molecule has 13 heavy (non-hydrogen) atoms. The van der Waals surface area contributed by atoms with E-state index in [4.69, 9.17) is 9.90 Å². The largest absolute Gasteiger partial charge is 0.554 e. The number of quaternary nitrogens is 1. The van der Waals surface area contributed by atoms with E-state index in [2.05, 4.69) is 18.9 Å². The Hall–Kier alpha value is -0.610. The van der Waals surface area contributed by atoms with Gasteiger partial charge in [0.1, 0.15) is 6.67 Å². The van der Waals surface area contributed by atoms with Crippen LogP contribution < -0.4 is 10.0 Å². The van der Waals surface area contributed by atoms with Crippen LogP contribution in [0.3, 0.4) is 0 Å². The van der Waals surface area contributed by atoms with Gasteiger partial charge in [-0.1, -0.05) is 13.3 Å². The van der Waals surface area contributed by atoms with Gasteiger partial charge in [0.15, 0.2) is 0 Å². The summed E-state index contributed by atoms with van der Waals surface area (Å²) in [5, 5.41) is 8.25. The van der Waals surface area contributed by atoms with Crippen LogP contribution in [0.4, 0.5) is 0 Å². The molecular formula is C9H20N2O2. The molecule has 4 heteroatoms. The van der Waals surface area contributed by atoms with Crippen molar-refractivity contribution in [3.63, 3.8) is 0 Å². The minimum Gasteiger partial charge on any atom is -0.554 e. The van der Waals surface area contributed by atoms with E-state index in [0.29, 0.717) is 0 Å². The van der Waals surface area contributed by atoms with Crippen molar-refractivity contribution < 1.29 is 14.8 Å². The van der Waals surface area contributed by atoms with Gasteiger partial charge < -0.3 is 14.8 Å². The lowest BCUT2D eigenvalue weighted by Crippen LogP contribution is -3.10. The molecule has 1 atom stereocenters. The third kappa shape index (κ3) is 6.54. The number of likely N-dealkylation sites (N-methyl/N-ethyl adjacent to an activating group) is 1. The number of hydrogen-bond acceptors (Lipinski definition) is 3. The number of rotatable bonds is 3. The Balaban J connectivity index is 0.000000424. The minimum atomic E-state index is -0.500. The van der Waals surface area contributed by atoms with E-state index in [1.54, 1.807) is 4.90 Å². The lowest BCUT2D eigenvalue weighted by Gasteiger charge is -2.10. The van der Waals surface area contributed by atoms with Crippen LogP contribution in [-0.4, -0.2) is 44.7 Å². The van der Waals surface area contributed by atoms with Crippen LogP contribution in [0.15, 0.2) is 0 Å². The van der Waals surface area contributed by atoms with E-state index in [9.17, 15) is 0 Å². The lowest BCUT2D eigenvalue weighted by molar-refractivity contribution is -0.891. The topological polar surface area (TPSA) is 47.8 Å². The fraction of sp³-hybridized carbons (Fsp3) is 0.889. The summed E-state index contributed by atoms with van der Waals surface area (Å²) in [7, 11) is 2.21. The summed E-state index contributed by atoms with van der Waals surface area (Å²) >= 11 is 0. The third-order valence-electron chi connectivity index (χ3n) is 2.22. The first-order valence-electron chi connectivity index (χ1n) is 4.82. The Bertz CT molecular complexity index is 131. The molecule has 78 valence electrons. The zero-order valence-electron chi connectivity index (χ0n) is 8.58. The highest BCUT2D eigenvalue weighted by molar-refractivity contribution is 5.29. The molecule has 0 bridgehead atoms. The van der Waals surface area contributed by atoms with Crippen LogP contribution in [0.1, 0.15) is 19.8 Å². The maximum absolute atomic E-state index is 8.25. The van der Waals surface area contributed by atoms with Crippen LogP contribution in [0.25, 0.3) is 0 Å². The van der Waals surface area contributed by atoms with Crippen molar-refractivity contribution in [2.45, 2.75) is 19.8 Å². The molecule has 0 amide bonds. The predicted molar refractivity (Wildman–Crippen MR) is 49.2 cm³/mol. The number of carbonyl (C=O) groups is 1. The van der Waals surface area contributed by atoms with Gasteiger partial charge in [-0.25, -0.2) is 0 Å². The number of carbonyl (C=O) groups excluding carboxylic acids is 1. The van der Waals surface area contributed by atoms with Crippen molar-refractivity contribution in [1.82, 2.24) is 4.90 Å². The Kier molecular flexibility index (Phi) is 7.63. The smallest absolute Gasteiger partial charge is 0.133 e. The first-order chi connectivity index (χ1) is 6.24. The quantitative estimate of drug-likeness (QED) is 0.518. The van der Waals surface area contributed by atoms with Gasteiger partial charge in [0.05, 0.1) is 19.6 Å². The molecule has 0 aromatic heterocycles. The predicted octanol–water partition coefficient (Wildman–Crippen LogP) is -2.06. The highest BCUT2D eigenvalue weighted by atomic mass is 16.3. The van der Waals surface area contributed by atoms with Crippen LogP contribution in [-0.2, 0) is 4.79 Å². The molecule has 0 saturated carbocycles. The Morgan fingerprint density at radius 2 is 2.23 bits per heavy atom. The Labute approximate surface area is 80.1 Å². The second-order valence-electron chi connectivity index (χ2n) is 3.44. The average molecular weight is 188 g/mol. The standard InChI is InChI=1S/C8H18N2.CH2O2/c1-3-4-5-10-7-6-9(2)8-10;2-1-3/h3-8H2,1-2H3;1H,(H,2,3). The van der Waals surface area contributed by atoms with E-state index in [1.165, 1.54) is 39.1 Å². The Morgan fingerprint density at radius 3 is 2.62 bits per heavy atom. The van der Waals surface area contributed by atoms with Crippen molar-refractivity contribution in [1.29, 1.82) is 0 Å². The molecular weight excluding hydrogens is 168 g/mol. The molecule has 1 saturated heterocycles. The van der Waals surface area contributed by atoms with Gasteiger partial charge in [0.2, 0.25) is 0 Å². The van der Waals surface area contributed by atoms with E-state index < -0.39 is 6.47 Å². The summed E-state index contributed by atoms with van der Waals surface area (Å²) < 4.78 is 0. The van der Waals surface area contributed by atoms with E-state index >= 15 is 0 Å². The fourth-order valence-electron chi connectivity index (χ4n) is 1.52. The van der Waals surface area contributed by atoms with Gasteiger partial charge in [-0.05, 0) is 13.5 Å². The fourth-order valence-corrected chi connectivity index (χ4v) is 1.52. The Morgan fingerprint density at radius 1 is 1.62 bits per heavy atom. The molecule has 1 rings (SSSR count). The first kappa shape index (κ1) is 12.4. The highest BCUT2D eigenvalue weighted by Gasteiger charge is 2.18. The minimum absolute atomic E-state index is 0.500. The molecule has 1 heterocycles. The molecule has 0 aliphatic carbocycles. The third-order valence-corrected chi connectivity index (χ3v) is 2.22. The molecule has 0 aromatic rings. The van der Waals surface area contributed by atoms with Crippen LogP contribution in [0.2, 0.25) is 0 Å². The number of nitrogens with one attached hydrogen (secondary N) is 1. The second-order valence-corrected chi connectivity index (χ2v) is 3.44. The van der Waals surface area contributed by atoms with Crippen molar-refractivity contribution in [2.24, 2.45) is 0 Å². The van der Waals surface area contributed by atoms with E-state index in [0.717, 1.165) is 0 Å². The second kappa shape index (κ2) is 8.01. The molecule has 0 aromatic carbocycles. The van der Waals surface area contributed by atoms with Crippen LogP contribution >= 0.6 is 0 Å². The zero-order chi connectivity index (χ0) is 10.1.